The quantitative estimate of drug-likeness (QED) is 0.777. The number of nitrogens with zero attached hydrogens (tertiary/aromatic N) is 1. The van der Waals surface area contributed by atoms with Gasteiger partial charge < -0.3 is 0 Å². The first-order valence-corrected chi connectivity index (χ1v) is 6.28. The maximum Gasteiger partial charge on any atom is 0.225 e. The molecule has 4 nitrogen and oxygen atoms in total. The zero-order valence-corrected chi connectivity index (χ0v) is 8.71. The first-order valence-electron chi connectivity index (χ1n) is 4.39. The van der Waals surface area contributed by atoms with Crippen molar-refractivity contribution in [2.75, 3.05) is 17.8 Å². The lowest BCUT2D eigenvalue weighted by Gasteiger charge is -2.18. The molecule has 0 bridgehead atoms. The van der Waals surface area contributed by atoms with Crippen LogP contribution in [0.4, 0.5) is 5.69 Å². The van der Waals surface area contributed by atoms with E-state index >= 15 is 0 Å². The molecular weight excluding hydrogens is 200 g/mol. The molecule has 1 heterocycles. The molecular formula is C9H12N2O2S. The number of nitrogens with one attached hydrogen (secondary N) is 1. The molecule has 1 aromatic carbocycles. The minimum atomic E-state index is -3.17. The summed E-state index contributed by atoms with van der Waals surface area (Å²) in [7, 11) is -3.17. The topological polar surface area (TPSA) is 49.4 Å². The van der Waals surface area contributed by atoms with Crippen molar-refractivity contribution >= 4 is 15.7 Å². The Morgan fingerprint density at radius 1 is 1.36 bits per heavy atom. The maximum absolute atomic E-state index is 11.0. The molecule has 0 unspecified atom stereocenters. The summed E-state index contributed by atoms with van der Waals surface area (Å²) in [5.41, 5.74) is 2.14. The largest absolute Gasteiger partial charge is 0.294 e. The highest BCUT2D eigenvalue weighted by Gasteiger charge is 2.20. The van der Waals surface area contributed by atoms with Gasteiger partial charge in [0.1, 0.15) is 0 Å². The minimum absolute atomic E-state index is 0.701. The predicted octanol–water partition coefficient (Wildman–Crippen LogP) is 0.513. The normalized spacial score (nSPS) is 15.6. The number of hydrogen-bond acceptors (Lipinski definition) is 3. The van der Waals surface area contributed by atoms with E-state index in [1.54, 1.807) is 5.01 Å². The molecule has 1 aliphatic rings. The zero-order chi connectivity index (χ0) is 10.2. The fraction of sp³-hybridized carbons (Fsp3) is 0.333. The third kappa shape index (κ3) is 1.88. The van der Waals surface area contributed by atoms with Crippen molar-refractivity contribution in [2.45, 2.75) is 6.42 Å². The fourth-order valence-corrected chi connectivity index (χ4v) is 2.22. The zero-order valence-electron chi connectivity index (χ0n) is 7.90. The van der Waals surface area contributed by atoms with Crippen LogP contribution in [0.5, 0.6) is 0 Å². The Hall–Kier alpha value is -1.07. The molecule has 14 heavy (non-hydrogen) atoms. The fourth-order valence-electron chi connectivity index (χ4n) is 1.63. The van der Waals surface area contributed by atoms with Gasteiger partial charge in [0.25, 0.3) is 0 Å². The number of benzene rings is 1. The van der Waals surface area contributed by atoms with Crippen molar-refractivity contribution in [2.24, 2.45) is 0 Å². The number of hydrazine groups is 1. The van der Waals surface area contributed by atoms with Gasteiger partial charge in [-0.2, -0.15) is 0 Å². The lowest BCUT2D eigenvalue weighted by atomic mass is 10.2. The Labute approximate surface area is 83.6 Å². The first-order chi connectivity index (χ1) is 6.56. The van der Waals surface area contributed by atoms with Crippen LogP contribution in [0.2, 0.25) is 0 Å². The lowest BCUT2D eigenvalue weighted by molar-refractivity contribution is 0.584. The summed E-state index contributed by atoms with van der Waals surface area (Å²) >= 11 is 0. The Kier molecular flexibility index (Phi) is 2.20. The summed E-state index contributed by atoms with van der Waals surface area (Å²) < 4.78 is 22.1. The van der Waals surface area contributed by atoms with Crippen molar-refractivity contribution < 1.29 is 8.42 Å². The second-order valence-corrected chi connectivity index (χ2v) is 5.12. The van der Waals surface area contributed by atoms with Crippen LogP contribution in [-0.4, -0.2) is 21.2 Å². The van der Waals surface area contributed by atoms with Gasteiger partial charge in [-0.1, -0.05) is 18.2 Å². The van der Waals surface area contributed by atoms with Gasteiger partial charge in [-0.25, -0.2) is 8.42 Å². The van der Waals surface area contributed by atoms with Crippen LogP contribution in [0.3, 0.4) is 0 Å². The van der Waals surface area contributed by atoms with Gasteiger partial charge in [0, 0.05) is 6.54 Å². The average Bonchev–Trinajstić information content (AvgIpc) is 2.47. The number of fused-ring (bicyclic) bond motifs is 1. The molecule has 2 rings (SSSR count). The Morgan fingerprint density at radius 2 is 2.07 bits per heavy atom. The van der Waals surface area contributed by atoms with Crippen LogP contribution < -0.4 is 9.84 Å². The van der Waals surface area contributed by atoms with Gasteiger partial charge in [-0.05, 0) is 18.1 Å². The highest BCUT2D eigenvalue weighted by atomic mass is 32.2. The molecule has 0 aliphatic carbocycles. The van der Waals surface area contributed by atoms with Crippen LogP contribution in [0, 0.1) is 0 Å². The number of hydrogen-bond donors (Lipinski definition) is 1. The van der Waals surface area contributed by atoms with E-state index in [1.807, 2.05) is 24.3 Å². The van der Waals surface area contributed by atoms with E-state index in [4.69, 9.17) is 0 Å². The van der Waals surface area contributed by atoms with Crippen molar-refractivity contribution in [3.8, 4) is 0 Å². The second kappa shape index (κ2) is 3.25. The molecule has 0 spiro atoms. The standard InChI is InChI=1S/C9H12N2O2S/c1-14(12,13)10-11-7-6-8-4-2-3-5-9(8)11/h2-5,10H,6-7H2,1H3. The molecule has 1 aromatic rings. The van der Waals surface area contributed by atoms with Gasteiger partial charge in [0.05, 0.1) is 11.9 Å². The summed E-state index contributed by atoms with van der Waals surface area (Å²) in [6, 6.07) is 7.80. The third-order valence-electron chi connectivity index (χ3n) is 2.16. The molecule has 0 aromatic heterocycles. The molecule has 76 valence electrons. The van der Waals surface area contributed by atoms with E-state index in [0.29, 0.717) is 6.54 Å². The molecule has 0 saturated carbocycles. The van der Waals surface area contributed by atoms with Crippen LogP contribution in [0.1, 0.15) is 5.56 Å². The van der Waals surface area contributed by atoms with Crippen LogP contribution in [0.15, 0.2) is 24.3 Å². The predicted molar refractivity (Wildman–Crippen MR) is 55.5 cm³/mol. The Morgan fingerprint density at radius 3 is 2.79 bits per heavy atom. The minimum Gasteiger partial charge on any atom is -0.294 e. The van der Waals surface area contributed by atoms with E-state index in [-0.39, 0.29) is 0 Å². The van der Waals surface area contributed by atoms with Crippen LogP contribution in [-0.2, 0) is 16.4 Å². The second-order valence-electron chi connectivity index (χ2n) is 3.39. The van der Waals surface area contributed by atoms with Crippen LogP contribution in [0.25, 0.3) is 0 Å². The molecule has 1 N–H and O–H groups in total. The van der Waals surface area contributed by atoms with Crippen LogP contribution >= 0.6 is 0 Å². The van der Waals surface area contributed by atoms with E-state index < -0.39 is 10.0 Å². The van der Waals surface area contributed by atoms with E-state index in [1.165, 1.54) is 5.56 Å². The summed E-state index contributed by atoms with van der Waals surface area (Å²) in [6.45, 7) is 0.701. The molecule has 0 amide bonds. The van der Waals surface area contributed by atoms with Crippen molar-refractivity contribution in [1.29, 1.82) is 0 Å². The molecule has 5 heteroatoms. The molecule has 0 fully saturated rings. The van der Waals surface area contributed by atoms with Gasteiger partial charge >= 0.3 is 0 Å². The maximum atomic E-state index is 11.0. The third-order valence-corrected chi connectivity index (χ3v) is 2.72. The van der Waals surface area contributed by atoms with Crippen molar-refractivity contribution in [1.82, 2.24) is 4.83 Å². The summed E-state index contributed by atoms with van der Waals surface area (Å²) in [6.07, 6.45) is 2.05. The van der Waals surface area contributed by atoms with Gasteiger partial charge in [-0.3, -0.25) is 5.01 Å². The lowest BCUT2D eigenvalue weighted by Crippen LogP contribution is -2.40. The van der Waals surface area contributed by atoms with Gasteiger partial charge in [0.2, 0.25) is 10.0 Å². The highest BCUT2D eigenvalue weighted by molar-refractivity contribution is 7.88. The molecule has 0 radical (unpaired) electrons. The molecule has 0 atom stereocenters. The van der Waals surface area contributed by atoms with E-state index in [9.17, 15) is 8.42 Å². The Bertz CT molecular complexity index is 442. The van der Waals surface area contributed by atoms with Crippen molar-refractivity contribution in [3.63, 3.8) is 0 Å². The van der Waals surface area contributed by atoms with Gasteiger partial charge in [-0.15, -0.1) is 4.83 Å². The SMILES string of the molecule is CS(=O)(=O)NN1CCc2ccccc21. The monoisotopic (exact) mass is 212 g/mol. The van der Waals surface area contributed by atoms with Crippen molar-refractivity contribution in [3.05, 3.63) is 29.8 Å². The first kappa shape index (κ1) is 9.48. The van der Waals surface area contributed by atoms with E-state index in [0.717, 1.165) is 18.4 Å². The number of anilines is 1. The summed E-state index contributed by atoms with van der Waals surface area (Å²) in [5, 5.41) is 1.67. The highest BCUT2D eigenvalue weighted by Crippen LogP contribution is 2.25. The summed E-state index contributed by atoms with van der Waals surface area (Å²) in [5.74, 6) is 0. The average molecular weight is 212 g/mol. The molecule has 0 saturated heterocycles. The summed E-state index contributed by atoms with van der Waals surface area (Å²) in [4.78, 5) is 2.48. The number of rotatable bonds is 2. The van der Waals surface area contributed by atoms with E-state index in [2.05, 4.69) is 4.83 Å². The number of sulfonamides is 1. The number of para-hydroxylation sites is 1. The van der Waals surface area contributed by atoms with Gasteiger partial charge in [0.15, 0.2) is 0 Å². The Balaban J connectivity index is 2.27. The molecule has 1 aliphatic heterocycles. The smallest absolute Gasteiger partial charge is 0.225 e.